The minimum absolute atomic E-state index is 0.0811. The van der Waals surface area contributed by atoms with Crippen LogP contribution in [0, 0.1) is 0 Å². The number of amides is 4. The summed E-state index contributed by atoms with van der Waals surface area (Å²) in [5.41, 5.74) is 1.41. The molecule has 0 saturated carbocycles. The maximum absolute atomic E-state index is 13.4. The Morgan fingerprint density at radius 2 is 1.75 bits per heavy atom. The van der Waals surface area contributed by atoms with Crippen molar-refractivity contribution in [3.8, 4) is 5.75 Å². The average Bonchev–Trinajstić information content (AvgIpc) is 3.11. The van der Waals surface area contributed by atoms with E-state index in [-0.39, 0.29) is 12.2 Å². The van der Waals surface area contributed by atoms with Crippen LogP contribution in [-0.4, -0.2) is 78.8 Å². The second kappa shape index (κ2) is 10.0. The molecule has 2 saturated heterocycles. The number of benzene rings is 1. The summed E-state index contributed by atoms with van der Waals surface area (Å²) in [5.74, 6) is -1.48. The topological polar surface area (TPSA) is 98.3 Å². The zero-order valence-corrected chi connectivity index (χ0v) is 19.7. The molecular formula is C23H25F3N6O4. The number of hydrogen-bond donors (Lipinski definition) is 1. The lowest BCUT2D eigenvalue weighted by Gasteiger charge is -2.37. The number of rotatable bonds is 6. The molecule has 1 aromatic carbocycles. The number of alkyl halides is 3. The molecule has 192 valence electrons. The van der Waals surface area contributed by atoms with Gasteiger partial charge in [-0.25, -0.2) is 9.69 Å². The number of aromatic nitrogens is 1. The summed E-state index contributed by atoms with van der Waals surface area (Å²) >= 11 is 0. The van der Waals surface area contributed by atoms with Gasteiger partial charge in [-0.1, -0.05) is 0 Å². The fourth-order valence-electron chi connectivity index (χ4n) is 4.23. The number of hydrogen-bond acceptors (Lipinski definition) is 7. The van der Waals surface area contributed by atoms with E-state index < -0.39 is 36.1 Å². The van der Waals surface area contributed by atoms with Crippen LogP contribution in [0.2, 0.25) is 0 Å². The monoisotopic (exact) mass is 506 g/mol. The van der Waals surface area contributed by atoms with E-state index in [0.717, 1.165) is 35.8 Å². The summed E-state index contributed by atoms with van der Waals surface area (Å²) in [6.45, 7) is 4.04. The van der Waals surface area contributed by atoms with E-state index in [1.54, 1.807) is 18.5 Å². The fourth-order valence-corrected chi connectivity index (χ4v) is 4.23. The van der Waals surface area contributed by atoms with Crippen LogP contribution in [0.25, 0.3) is 0 Å². The molecule has 36 heavy (non-hydrogen) atoms. The van der Waals surface area contributed by atoms with Crippen LogP contribution < -0.4 is 19.9 Å². The lowest BCUT2D eigenvalue weighted by Crippen LogP contribution is -2.47. The summed E-state index contributed by atoms with van der Waals surface area (Å²) in [6.07, 6.45) is -2.62. The van der Waals surface area contributed by atoms with Gasteiger partial charge in [0.1, 0.15) is 18.5 Å². The molecule has 3 heterocycles. The maximum Gasteiger partial charge on any atom is 0.573 e. The molecule has 2 aromatic rings. The molecule has 10 nitrogen and oxygen atoms in total. The first-order valence-electron chi connectivity index (χ1n) is 11.2. The second-order valence-corrected chi connectivity index (χ2v) is 8.51. The molecule has 0 bridgehead atoms. The molecule has 4 amide bonds. The minimum Gasteiger partial charge on any atom is -0.406 e. The SMILES string of the molecule is CC(=O)NC(c1ccncc1N1CCN(C)CC1)N1CC(=O)N(c2ccc(OC(F)(F)F)cc2)C1=O. The van der Waals surface area contributed by atoms with Crippen molar-refractivity contribution in [2.75, 3.05) is 49.6 Å². The number of urea groups is 1. The van der Waals surface area contributed by atoms with Crippen molar-refractivity contribution in [2.45, 2.75) is 19.5 Å². The first kappa shape index (κ1) is 25.2. The Morgan fingerprint density at radius 1 is 1.08 bits per heavy atom. The van der Waals surface area contributed by atoms with E-state index in [0.29, 0.717) is 18.7 Å². The first-order valence-corrected chi connectivity index (χ1v) is 11.2. The van der Waals surface area contributed by atoms with Crippen LogP contribution in [-0.2, 0) is 9.59 Å². The van der Waals surface area contributed by atoms with Crippen molar-refractivity contribution in [3.63, 3.8) is 0 Å². The Kier molecular flexibility index (Phi) is 7.02. The third kappa shape index (κ3) is 5.51. The van der Waals surface area contributed by atoms with E-state index >= 15 is 0 Å². The highest BCUT2D eigenvalue weighted by molar-refractivity contribution is 6.20. The molecule has 2 fully saturated rings. The summed E-state index contributed by atoms with van der Waals surface area (Å²) < 4.78 is 41.3. The summed E-state index contributed by atoms with van der Waals surface area (Å²) in [6, 6.07) is 5.39. The van der Waals surface area contributed by atoms with Crippen LogP contribution in [0.3, 0.4) is 0 Å². The largest absolute Gasteiger partial charge is 0.573 e. The van der Waals surface area contributed by atoms with Crippen molar-refractivity contribution in [1.82, 2.24) is 20.1 Å². The molecule has 0 radical (unpaired) electrons. The number of pyridine rings is 1. The second-order valence-electron chi connectivity index (χ2n) is 8.51. The van der Waals surface area contributed by atoms with Gasteiger partial charge < -0.3 is 19.9 Å². The highest BCUT2D eigenvalue weighted by Gasteiger charge is 2.42. The highest BCUT2D eigenvalue weighted by atomic mass is 19.4. The van der Waals surface area contributed by atoms with Gasteiger partial charge in [0.2, 0.25) is 5.91 Å². The molecule has 1 aromatic heterocycles. The molecule has 2 aliphatic heterocycles. The van der Waals surface area contributed by atoms with Crippen LogP contribution in [0.4, 0.5) is 29.3 Å². The van der Waals surface area contributed by atoms with Crippen LogP contribution in [0.15, 0.2) is 42.7 Å². The van der Waals surface area contributed by atoms with Crippen molar-refractivity contribution < 1.29 is 32.3 Å². The first-order chi connectivity index (χ1) is 17.0. The van der Waals surface area contributed by atoms with Gasteiger partial charge in [0.05, 0.1) is 17.6 Å². The fraction of sp³-hybridized carbons (Fsp3) is 0.391. The molecular weight excluding hydrogens is 481 g/mol. The van der Waals surface area contributed by atoms with Gasteiger partial charge in [-0.2, -0.15) is 0 Å². The Balaban J connectivity index is 1.62. The van der Waals surface area contributed by atoms with Crippen molar-refractivity contribution in [1.29, 1.82) is 0 Å². The quantitative estimate of drug-likeness (QED) is 0.601. The zero-order valence-electron chi connectivity index (χ0n) is 19.7. The Labute approximate surface area is 205 Å². The third-order valence-corrected chi connectivity index (χ3v) is 5.94. The summed E-state index contributed by atoms with van der Waals surface area (Å²) in [7, 11) is 2.02. The molecule has 4 rings (SSSR count). The van der Waals surface area contributed by atoms with E-state index in [2.05, 4.69) is 24.8 Å². The third-order valence-electron chi connectivity index (χ3n) is 5.94. The molecule has 0 aliphatic carbocycles. The van der Waals surface area contributed by atoms with Crippen LogP contribution in [0.5, 0.6) is 5.75 Å². The Hall–Kier alpha value is -3.87. The number of halogens is 3. The van der Waals surface area contributed by atoms with Crippen molar-refractivity contribution in [3.05, 3.63) is 48.3 Å². The molecule has 13 heteroatoms. The van der Waals surface area contributed by atoms with E-state index in [1.165, 1.54) is 24.0 Å². The van der Waals surface area contributed by atoms with Crippen molar-refractivity contribution in [2.24, 2.45) is 0 Å². The zero-order chi connectivity index (χ0) is 26.0. The lowest BCUT2D eigenvalue weighted by atomic mass is 10.1. The van der Waals surface area contributed by atoms with Crippen LogP contribution >= 0.6 is 0 Å². The maximum atomic E-state index is 13.4. The average molecular weight is 506 g/mol. The molecule has 1 atom stereocenters. The molecule has 0 spiro atoms. The van der Waals surface area contributed by atoms with Gasteiger partial charge >= 0.3 is 12.4 Å². The van der Waals surface area contributed by atoms with E-state index in [4.69, 9.17) is 0 Å². The number of ether oxygens (including phenoxy) is 1. The number of anilines is 2. The number of nitrogens with zero attached hydrogens (tertiary/aromatic N) is 5. The number of carbonyl (C=O) groups excluding carboxylic acids is 3. The van der Waals surface area contributed by atoms with Crippen LogP contribution in [0.1, 0.15) is 18.7 Å². The molecule has 2 aliphatic rings. The summed E-state index contributed by atoms with van der Waals surface area (Å²) in [4.78, 5) is 49.0. The highest BCUT2D eigenvalue weighted by Crippen LogP contribution is 2.33. The van der Waals surface area contributed by atoms with Gasteiger partial charge in [-0.05, 0) is 37.4 Å². The number of nitrogens with one attached hydrogen (secondary N) is 1. The van der Waals surface area contributed by atoms with Crippen molar-refractivity contribution >= 4 is 29.2 Å². The van der Waals surface area contributed by atoms with Gasteiger partial charge in [0.25, 0.3) is 5.91 Å². The Bertz CT molecular complexity index is 1140. The number of likely N-dealkylation sites (N-methyl/N-ethyl adjacent to an activating group) is 1. The minimum atomic E-state index is -4.87. The van der Waals surface area contributed by atoms with Gasteiger partial charge in [0, 0.05) is 44.9 Å². The number of piperazine rings is 1. The predicted octanol–water partition coefficient (Wildman–Crippen LogP) is 2.34. The number of imide groups is 1. The molecule has 1 N–H and O–H groups in total. The van der Waals surface area contributed by atoms with E-state index in [9.17, 15) is 27.6 Å². The predicted molar refractivity (Wildman–Crippen MR) is 123 cm³/mol. The van der Waals surface area contributed by atoms with Gasteiger partial charge in [-0.3, -0.25) is 19.5 Å². The lowest BCUT2D eigenvalue weighted by molar-refractivity contribution is -0.274. The summed E-state index contributed by atoms with van der Waals surface area (Å²) in [5, 5.41) is 2.76. The van der Waals surface area contributed by atoms with Gasteiger partial charge in [0.15, 0.2) is 0 Å². The van der Waals surface area contributed by atoms with E-state index in [1.807, 2.05) is 7.05 Å². The molecule has 1 unspecified atom stereocenters. The standard InChI is InChI=1S/C23H25F3N6O4/c1-15(33)28-21(18-7-8-27-13-19(18)30-11-9-29(2)10-12-30)31-14-20(34)32(22(31)35)16-3-5-17(6-4-16)36-23(24,25)26/h3-8,13,21H,9-12,14H2,1-2H3,(H,28,33). The number of carbonyl (C=O) groups is 3. The Morgan fingerprint density at radius 3 is 2.36 bits per heavy atom. The van der Waals surface area contributed by atoms with Gasteiger partial charge in [-0.15, -0.1) is 13.2 Å². The smallest absolute Gasteiger partial charge is 0.406 e. The normalized spacial score (nSPS) is 18.0.